The van der Waals surface area contributed by atoms with E-state index in [1.165, 1.54) is 31.9 Å². The molecule has 1 fully saturated rings. The topological polar surface area (TPSA) is 46.2 Å². The summed E-state index contributed by atoms with van der Waals surface area (Å²) in [4.78, 5) is 0. The van der Waals surface area contributed by atoms with Crippen LogP contribution in [0.25, 0.3) is 0 Å². The molecule has 0 spiro atoms. The molecule has 1 aliphatic carbocycles. The third-order valence-electron chi connectivity index (χ3n) is 2.78. The summed E-state index contributed by atoms with van der Waals surface area (Å²) in [6.07, 6.45) is 7.47. The van der Waals surface area contributed by atoms with Crippen molar-refractivity contribution in [1.82, 2.24) is 5.32 Å². The van der Waals surface area contributed by atoms with Gasteiger partial charge in [0.1, 0.15) is 9.84 Å². The molecule has 1 N–H and O–H groups in total. The maximum Gasteiger partial charge on any atom is 0.147 e. The molecule has 0 bridgehead atoms. The number of hydrogen-bond acceptors (Lipinski definition) is 3. The smallest absolute Gasteiger partial charge is 0.147 e. The van der Waals surface area contributed by atoms with Gasteiger partial charge in [-0.15, -0.1) is 0 Å². The standard InChI is InChI=1S/C10H21NO2S/c1-14(12,13)8-4-7-11-9-10-5-2-3-6-10/h10-11H,2-9H2,1H3. The second-order valence-electron chi connectivity index (χ2n) is 4.34. The summed E-state index contributed by atoms with van der Waals surface area (Å²) in [5.74, 6) is 1.15. The summed E-state index contributed by atoms with van der Waals surface area (Å²) >= 11 is 0. The summed E-state index contributed by atoms with van der Waals surface area (Å²) in [5.41, 5.74) is 0. The third kappa shape index (κ3) is 5.60. The van der Waals surface area contributed by atoms with Crippen LogP contribution in [0.5, 0.6) is 0 Å². The monoisotopic (exact) mass is 219 g/mol. The molecule has 0 radical (unpaired) electrons. The fourth-order valence-electron chi connectivity index (χ4n) is 1.98. The van der Waals surface area contributed by atoms with Crippen LogP contribution in [-0.2, 0) is 9.84 Å². The van der Waals surface area contributed by atoms with Gasteiger partial charge in [0.25, 0.3) is 0 Å². The van der Waals surface area contributed by atoms with Gasteiger partial charge in [-0.2, -0.15) is 0 Å². The van der Waals surface area contributed by atoms with Crippen LogP contribution in [-0.4, -0.2) is 33.5 Å². The Morgan fingerprint density at radius 1 is 1.29 bits per heavy atom. The first-order valence-electron chi connectivity index (χ1n) is 5.46. The highest BCUT2D eigenvalue weighted by Gasteiger charge is 2.13. The van der Waals surface area contributed by atoms with Crippen LogP contribution in [0.1, 0.15) is 32.1 Å². The van der Waals surface area contributed by atoms with Gasteiger partial charge in [-0.1, -0.05) is 12.8 Å². The number of hydrogen-bond donors (Lipinski definition) is 1. The average Bonchev–Trinajstić information content (AvgIpc) is 2.54. The molecule has 0 heterocycles. The molecule has 4 heteroatoms. The Morgan fingerprint density at radius 2 is 1.93 bits per heavy atom. The number of rotatable bonds is 6. The van der Waals surface area contributed by atoms with E-state index in [9.17, 15) is 8.42 Å². The zero-order valence-electron chi connectivity index (χ0n) is 8.96. The lowest BCUT2D eigenvalue weighted by Crippen LogP contribution is -2.23. The Bertz CT molecular complexity index is 243. The van der Waals surface area contributed by atoms with Crippen LogP contribution < -0.4 is 5.32 Å². The molecule has 0 amide bonds. The molecule has 1 rings (SSSR count). The fourth-order valence-corrected chi connectivity index (χ4v) is 2.65. The highest BCUT2D eigenvalue weighted by Crippen LogP contribution is 2.23. The first-order valence-corrected chi connectivity index (χ1v) is 7.52. The van der Waals surface area contributed by atoms with E-state index in [1.54, 1.807) is 0 Å². The van der Waals surface area contributed by atoms with Crippen molar-refractivity contribution in [3.8, 4) is 0 Å². The van der Waals surface area contributed by atoms with Gasteiger partial charge in [-0.25, -0.2) is 8.42 Å². The van der Waals surface area contributed by atoms with Gasteiger partial charge in [0.2, 0.25) is 0 Å². The van der Waals surface area contributed by atoms with E-state index >= 15 is 0 Å². The van der Waals surface area contributed by atoms with Crippen molar-refractivity contribution in [3.05, 3.63) is 0 Å². The normalized spacial score (nSPS) is 18.9. The molecule has 0 saturated heterocycles. The van der Waals surface area contributed by atoms with Crippen LogP contribution in [0.15, 0.2) is 0 Å². The molecule has 0 atom stereocenters. The lowest BCUT2D eigenvalue weighted by Gasteiger charge is -2.09. The van der Waals surface area contributed by atoms with Crippen LogP contribution in [0.4, 0.5) is 0 Å². The maximum absolute atomic E-state index is 10.8. The first kappa shape index (κ1) is 12.0. The van der Waals surface area contributed by atoms with Crippen molar-refractivity contribution < 1.29 is 8.42 Å². The molecule has 0 aliphatic heterocycles. The summed E-state index contributed by atoms with van der Waals surface area (Å²) in [6, 6.07) is 0. The lowest BCUT2D eigenvalue weighted by atomic mass is 10.1. The van der Waals surface area contributed by atoms with E-state index in [0.717, 1.165) is 25.4 Å². The number of sulfone groups is 1. The van der Waals surface area contributed by atoms with Crippen LogP contribution in [0.3, 0.4) is 0 Å². The van der Waals surface area contributed by atoms with Gasteiger partial charge in [-0.3, -0.25) is 0 Å². The molecule has 0 aromatic carbocycles. The molecule has 0 unspecified atom stereocenters. The zero-order valence-corrected chi connectivity index (χ0v) is 9.78. The Morgan fingerprint density at radius 3 is 2.50 bits per heavy atom. The largest absolute Gasteiger partial charge is 0.316 e. The van der Waals surface area contributed by atoms with E-state index in [2.05, 4.69) is 5.32 Å². The van der Waals surface area contributed by atoms with Gasteiger partial charge in [0.05, 0.1) is 5.75 Å². The minimum absolute atomic E-state index is 0.310. The summed E-state index contributed by atoms with van der Waals surface area (Å²) in [5, 5.41) is 3.34. The van der Waals surface area contributed by atoms with Crippen molar-refractivity contribution in [1.29, 1.82) is 0 Å². The SMILES string of the molecule is CS(=O)(=O)CCCNCC1CCCC1. The molecule has 0 aromatic heterocycles. The van der Waals surface area contributed by atoms with Gasteiger partial charge in [0.15, 0.2) is 0 Å². The predicted molar refractivity (Wildman–Crippen MR) is 59.2 cm³/mol. The maximum atomic E-state index is 10.8. The van der Waals surface area contributed by atoms with Crippen molar-refractivity contribution >= 4 is 9.84 Å². The number of nitrogens with one attached hydrogen (secondary N) is 1. The first-order chi connectivity index (χ1) is 6.58. The van der Waals surface area contributed by atoms with Crippen molar-refractivity contribution in [2.24, 2.45) is 5.92 Å². The Labute approximate surface area is 87.2 Å². The van der Waals surface area contributed by atoms with Crippen LogP contribution >= 0.6 is 0 Å². The highest BCUT2D eigenvalue weighted by molar-refractivity contribution is 7.90. The highest BCUT2D eigenvalue weighted by atomic mass is 32.2. The van der Waals surface area contributed by atoms with E-state index in [4.69, 9.17) is 0 Å². The predicted octanol–water partition coefficient (Wildman–Crippen LogP) is 1.20. The van der Waals surface area contributed by atoms with E-state index in [0.29, 0.717) is 5.75 Å². The Balaban J connectivity index is 1.94. The molecule has 1 aliphatic rings. The van der Waals surface area contributed by atoms with Gasteiger partial charge in [-0.05, 0) is 38.3 Å². The summed E-state index contributed by atoms with van der Waals surface area (Å²) in [7, 11) is -2.76. The molecule has 0 aromatic rings. The quantitative estimate of drug-likeness (QED) is 0.683. The molecular weight excluding hydrogens is 198 g/mol. The Hall–Kier alpha value is -0.0900. The van der Waals surface area contributed by atoms with E-state index in [-0.39, 0.29) is 0 Å². The Kier molecular flexibility index (Phi) is 4.89. The summed E-state index contributed by atoms with van der Waals surface area (Å²) < 4.78 is 21.6. The third-order valence-corrected chi connectivity index (χ3v) is 3.81. The second kappa shape index (κ2) is 5.71. The van der Waals surface area contributed by atoms with E-state index in [1.807, 2.05) is 0 Å². The zero-order chi connectivity index (χ0) is 10.4. The van der Waals surface area contributed by atoms with Crippen molar-refractivity contribution in [3.63, 3.8) is 0 Å². The average molecular weight is 219 g/mol. The molecule has 1 saturated carbocycles. The lowest BCUT2D eigenvalue weighted by molar-refractivity contribution is 0.489. The molecule has 14 heavy (non-hydrogen) atoms. The van der Waals surface area contributed by atoms with Crippen molar-refractivity contribution in [2.45, 2.75) is 32.1 Å². The molecular formula is C10H21NO2S. The fraction of sp³-hybridized carbons (Fsp3) is 1.00. The van der Waals surface area contributed by atoms with Gasteiger partial charge < -0.3 is 5.32 Å². The summed E-state index contributed by atoms with van der Waals surface area (Å²) in [6.45, 7) is 1.91. The van der Waals surface area contributed by atoms with Gasteiger partial charge in [0, 0.05) is 6.26 Å². The molecule has 84 valence electrons. The van der Waals surface area contributed by atoms with Crippen molar-refractivity contribution in [2.75, 3.05) is 25.1 Å². The van der Waals surface area contributed by atoms with E-state index < -0.39 is 9.84 Å². The minimum Gasteiger partial charge on any atom is -0.316 e. The minimum atomic E-state index is -2.76. The van der Waals surface area contributed by atoms with Gasteiger partial charge >= 0.3 is 0 Å². The second-order valence-corrected chi connectivity index (χ2v) is 6.60. The van der Waals surface area contributed by atoms with Crippen LogP contribution in [0.2, 0.25) is 0 Å². The molecule has 3 nitrogen and oxygen atoms in total. The van der Waals surface area contributed by atoms with Crippen LogP contribution in [0, 0.1) is 5.92 Å².